The van der Waals surface area contributed by atoms with Crippen LogP contribution in [-0.4, -0.2) is 22.8 Å². The van der Waals surface area contributed by atoms with E-state index in [2.05, 4.69) is 26.3 Å². The molecule has 7 heteroatoms. The molecule has 162 valence electrons. The molecule has 4 rings (SSSR count). The summed E-state index contributed by atoms with van der Waals surface area (Å²) in [5.41, 5.74) is 3.20. The van der Waals surface area contributed by atoms with Gasteiger partial charge >= 0.3 is 0 Å². The second-order valence-corrected chi connectivity index (χ2v) is 8.06. The highest BCUT2D eigenvalue weighted by Gasteiger charge is 2.10. The molecule has 0 unspecified atom stereocenters. The number of halogens is 1. The zero-order valence-electron chi connectivity index (χ0n) is 17.5. The molecule has 0 saturated heterocycles. The Labute approximate surface area is 194 Å². The van der Waals surface area contributed by atoms with Gasteiger partial charge in [0.2, 0.25) is 0 Å². The molecule has 1 aromatic heterocycles. The van der Waals surface area contributed by atoms with E-state index < -0.39 is 0 Å². The van der Waals surface area contributed by atoms with Gasteiger partial charge in [-0.25, -0.2) is 0 Å². The van der Waals surface area contributed by atoms with Gasteiger partial charge in [-0.2, -0.15) is 5.10 Å². The maximum atomic E-state index is 12.7. The van der Waals surface area contributed by atoms with Crippen LogP contribution in [0.4, 0.5) is 5.69 Å². The minimum atomic E-state index is -0.202. The zero-order valence-corrected chi connectivity index (χ0v) is 19.1. The largest absolute Gasteiger partial charge is 0.493 e. The summed E-state index contributed by atoms with van der Waals surface area (Å²) in [5.74, 6) is 1.12. The number of nitrogens with zero attached hydrogens (tertiary/aromatic N) is 2. The van der Waals surface area contributed by atoms with Gasteiger partial charge in [0.25, 0.3) is 5.91 Å². The minimum absolute atomic E-state index is 0.202. The summed E-state index contributed by atoms with van der Waals surface area (Å²) in [4.78, 5) is 12.7. The molecule has 6 nitrogen and oxygen atoms in total. The minimum Gasteiger partial charge on any atom is -0.493 e. The molecule has 0 radical (unpaired) electrons. The van der Waals surface area contributed by atoms with Gasteiger partial charge in [-0.3, -0.25) is 9.48 Å². The van der Waals surface area contributed by atoms with Gasteiger partial charge in [0.1, 0.15) is 6.61 Å². The molecule has 1 N–H and O–H groups in total. The average molecular weight is 492 g/mol. The fraction of sp³-hybridized carbons (Fsp3) is 0.120. The van der Waals surface area contributed by atoms with E-state index in [0.29, 0.717) is 35.9 Å². The Morgan fingerprint density at radius 1 is 1.00 bits per heavy atom. The molecule has 32 heavy (non-hydrogen) atoms. The van der Waals surface area contributed by atoms with Crippen LogP contribution in [0.3, 0.4) is 0 Å². The quantitative estimate of drug-likeness (QED) is 0.351. The zero-order chi connectivity index (χ0) is 22.3. The molecule has 1 heterocycles. The van der Waals surface area contributed by atoms with E-state index in [1.54, 1.807) is 24.1 Å². The molecule has 0 fully saturated rings. The molecular formula is C25H22BrN3O3. The van der Waals surface area contributed by atoms with E-state index in [-0.39, 0.29) is 5.91 Å². The third-order valence-corrected chi connectivity index (χ3v) is 5.33. The Morgan fingerprint density at radius 2 is 1.78 bits per heavy atom. The van der Waals surface area contributed by atoms with Gasteiger partial charge in [0.15, 0.2) is 11.5 Å². The number of hydrogen-bond acceptors (Lipinski definition) is 4. The van der Waals surface area contributed by atoms with Crippen LogP contribution in [0, 0.1) is 0 Å². The van der Waals surface area contributed by atoms with E-state index in [9.17, 15) is 4.79 Å². The number of anilines is 1. The Kier molecular flexibility index (Phi) is 6.87. The number of para-hydroxylation sites is 2. The Balaban J connectivity index is 1.37. The summed E-state index contributed by atoms with van der Waals surface area (Å²) >= 11 is 3.43. The molecule has 0 saturated carbocycles. The van der Waals surface area contributed by atoms with Crippen molar-refractivity contribution in [1.29, 1.82) is 0 Å². The van der Waals surface area contributed by atoms with Crippen molar-refractivity contribution < 1.29 is 14.3 Å². The van der Waals surface area contributed by atoms with Gasteiger partial charge in [-0.05, 0) is 47.5 Å². The van der Waals surface area contributed by atoms with Gasteiger partial charge in [-0.15, -0.1) is 0 Å². The normalized spacial score (nSPS) is 10.6. The maximum absolute atomic E-state index is 12.7. The first-order valence-corrected chi connectivity index (χ1v) is 10.8. The summed E-state index contributed by atoms with van der Waals surface area (Å²) in [6.07, 6.45) is 3.46. The lowest BCUT2D eigenvalue weighted by atomic mass is 10.1. The van der Waals surface area contributed by atoms with Gasteiger partial charge in [0, 0.05) is 16.2 Å². The first-order chi connectivity index (χ1) is 15.6. The summed E-state index contributed by atoms with van der Waals surface area (Å²) in [6, 6.07) is 22.9. The van der Waals surface area contributed by atoms with Crippen LogP contribution < -0.4 is 14.8 Å². The molecule has 0 atom stereocenters. The highest BCUT2D eigenvalue weighted by atomic mass is 79.9. The lowest BCUT2D eigenvalue weighted by molar-refractivity contribution is 0.102. The van der Waals surface area contributed by atoms with E-state index in [1.807, 2.05) is 72.9 Å². The number of aromatic nitrogens is 2. The predicted octanol–water partition coefficient (Wildman–Crippen LogP) is 5.53. The Bertz CT molecular complexity index is 1210. The number of methoxy groups -OCH3 is 1. The third kappa shape index (κ3) is 5.56. The molecular weight excluding hydrogens is 470 g/mol. The molecule has 0 spiro atoms. The molecule has 0 aliphatic carbocycles. The summed E-state index contributed by atoms with van der Waals surface area (Å²) in [7, 11) is 1.61. The first-order valence-electron chi connectivity index (χ1n) is 10.0. The standard InChI is InChI=1S/C25H22BrN3O3/c1-31-23-7-2-3-8-24(23)32-17-19-5-4-6-20(13-19)25(30)28-22-14-27-29(16-22)15-18-9-11-21(26)12-10-18/h2-14,16H,15,17H2,1H3,(H,28,30). The van der Waals surface area contributed by atoms with Crippen LogP contribution in [0.2, 0.25) is 0 Å². The maximum Gasteiger partial charge on any atom is 0.255 e. The number of benzene rings is 3. The van der Waals surface area contributed by atoms with Gasteiger partial charge in [0.05, 0.1) is 25.5 Å². The predicted molar refractivity (Wildman–Crippen MR) is 127 cm³/mol. The molecule has 3 aromatic carbocycles. The van der Waals surface area contributed by atoms with E-state index >= 15 is 0 Å². The molecule has 0 bridgehead atoms. The summed E-state index contributed by atoms with van der Waals surface area (Å²) in [5, 5.41) is 7.24. The number of carbonyl (C=O) groups excluding carboxylic acids is 1. The van der Waals surface area contributed by atoms with Crippen LogP contribution >= 0.6 is 15.9 Å². The van der Waals surface area contributed by atoms with Crippen LogP contribution in [-0.2, 0) is 13.2 Å². The van der Waals surface area contributed by atoms with Crippen molar-refractivity contribution in [2.75, 3.05) is 12.4 Å². The second kappa shape index (κ2) is 10.2. The van der Waals surface area contributed by atoms with Crippen LogP contribution in [0.15, 0.2) is 89.7 Å². The Morgan fingerprint density at radius 3 is 2.56 bits per heavy atom. The average Bonchev–Trinajstić information content (AvgIpc) is 3.26. The van der Waals surface area contributed by atoms with Crippen LogP contribution in [0.5, 0.6) is 11.5 Å². The van der Waals surface area contributed by atoms with Gasteiger partial charge in [-0.1, -0.05) is 52.3 Å². The van der Waals surface area contributed by atoms with Crippen molar-refractivity contribution in [3.8, 4) is 11.5 Å². The number of hydrogen-bond donors (Lipinski definition) is 1. The van der Waals surface area contributed by atoms with E-state index in [0.717, 1.165) is 15.6 Å². The number of amides is 1. The van der Waals surface area contributed by atoms with E-state index in [1.165, 1.54) is 0 Å². The summed E-state index contributed by atoms with van der Waals surface area (Å²) in [6.45, 7) is 0.950. The molecule has 0 aliphatic rings. The van der Waals surface area contributed by atoms with Crippen molar-refractivity contribution in [2.24, 2.45) is 0 Å². The fourth-order valence-corrected chi connectivity index (χ4v) is 3.46. The van der Waals surface area contributed by atoms with Crippen molar-refractivity contribution in [1.82, 2.24) is 9.78 Å². The first kappa shape index (κ1) is 21.6. The van der Waals surface area contributed by atoms with Crippen molar-refractivity contribution >= 4 is 27.5 Å². The number of rotatable bonds is 8. The monoisotopic (exact) mass is 491 g/mol. The highest BCUT2D eigenvalue weighted by molar-refractivity contribution is 9.10. The topological polar surface area (TPSA) is 65.4 Å². The third-order valence-electron chi connectivity index (χ3n) is 4.80. The second-order valence-electron chi connectivity index (χ2n) is 7.15. The number of carbonyl (C=O) groups is 1. The van der Waals surface area contributed by atoms with E-state index in [4.69, 9.17) is 9.47 Å². The van der Waals surface area contributed by atoms with Crippen molar-refractivity contribution in [3.05, 3.63) is 106 Å². The summed E-state index contributed by atoms with van der Waals surface area (Å²) < 4.78 is 14.0. The van der Waals surface area contributed by atoms with Crippen molar-refractivity contribution in [3.63, 3.8) is 0 Å². The van der Waals surface area contributed by atoms with Crippen LogP contribution in [0.25, 0.3) is 0 Å². The molecule has 1 amide bonds. The lowest BCUT2D eigenvalue weighted by Gasteiger charge is -2.11. The molecule has 0 aliphatic heterocycles. The fourth-order valence-electron chi connectivity index (χ4n) is 3.20. The lowest BCUT2D eigenvalue weighted by Crippen LogP contribution is -2.12. The smallest absolute Gasteiger partial charge is 0.255 e. The number of nitrogens with one attached hydrogen (secondary N) is 1. The number of ether oxygens (including phenoxy) is 2. The molecule has 4 aromatic rings. The Hall–Kier alpha value is -3.58. The SMILES string of the molecule is COc1ccccc1OCc1cccc(C(=O)Nc2cnn(Cc3ccc(Br)cc3)c2)c1. The van der Waals surface area contributed by atoms with Crippen LogP contribution in [0.1, 0.15) is 21.5 Å². The van der Waals surface area contributed by atoms with Crippen molar-refractivity contribution in [2.45, 2.75) is 13.2 Å². The highest BCUT2D eigenvalue weighted by Crippen LogP contribution is 2.26. The van der Waals surface area contributed by atoms with Gasteiger partial charge < -0.3 is 14.8 Å².